The molecule has 3 heterocycles. The Morgan fingerprint density at radius 1 is 1.26 bits per heavy atom. The monoisotopic (exact) mass is 384 g/mol. The predicted molar refractivity (Wildman–Crippen MR) is 103 cm³/mol. The maximum absolute atomic E-state index is 13.0. The minimum atomic E-state index is -0.0314. The average molecular weight is 385 g/mol. The average Bonchev–Trinajstić information content (AvgIpc) is 3.22. The first kappa shape index (κ1) is 17.7. The van der Waals surface area contributed by atoms with Crippen LogP contribution in [-0.2, 0) is 26.7 Å². The fourth-order valence-electron chi connectivity index (χ4n) is 3.32. The molecule has 4 rings (SSSR count). The number of halogens is 1. The second kappa shape index (κ2) is 7.12. The first-order valence-electron chi connectivity index (χ1n) is 8.88. The first-order chi connectivity index (χ1) is 13.0. The van der Waals surface area contributed by atoms with Crippen LogP contribution in [0.3, 0.4) is 0 Å². The summed E-state index contributed by atoms with van der Waals surface area (Å²) in [5.74, 6) is 0.549. The highest BCUT2D eigenvalue weighted by Gasteiger charge is 2.30. The minimum absolute atomic E-state index is 0.0283. The summed E-state index contributed by atoms with van der Waals surface area (Å²) in [7, 11) is 1.80. The molecule has 2 aromatic heterocycles. The van der Waals surface area contributed by atoms with Crippen LogP contribution in [0.2, 0.25) is 5.15 Å². The summed E-state index contributed by atoms with van der Waals surface area (Å²) in [6.07, 6.45) is 0. The Morgan fingerprint density at radius 2 is 2.04 bits per heavy atom. The molecule has 0 N–H and O–H groups in total. The Bertz CT molecular complexity index is 964. The van der Waals surface area contributed by atoms with Crippen LogP contribution in [0.15, 0.2) is 48.5 Å². The van der Waals surface area contributed by atoms with Crippen molar-refractivity contribution < 1.29 is 9.53 Å². The summed E-state index contributed by atoms with van der Waals surface area (Å²) >= 11 is 6.08. The van der Waals surface area contributed by atoms with Gasteiger partial charge in [0.2, 0.25) is 5.88 Å². The van der Waals surface area contributed by atoms with E-state index in [1.54, 1.807) is 23.7 Å². The van der Waals surface area contributed by atoms with Gasteiger partial charge < -0.3 is 14.2 Å². The predicted octanol–water partition coefficient (Wildman–Crippen LogP) is 3.50. The van der Waals surface area contributed by atoms with E-state index in [1.165, 1.54) is 0 Å². The van der Waals surface area contributed by atoms with E-state index in [0.717, 1.165) is 11.3 Å². The number of hydrogen-bond acceptors (Lipinski definition) is 3. The molecule has 0 radical (unpaired) electrons. The van der Waals surface area contributed by atoms with Gasteiger partial charge in [-0.05, 0) is 24.6 Å². The molecule has 0 spiro atoms. The molecule has 140 valence electrons. The number of fused-ring (bicyclic) bond motifs is 1. The molecule has 27 heavy (non-hydrogen) atoms. The number of rotatable bonds is 4. The standard InChI is InChI=1S/C20H21ClN4O2/c1-14-11-25-16(10-19(22-25)27-13-15-6-4-3-5-7-15)12-24(14)20(26)17-8-9-18(21)23(17)2/h3-10,14H,11-13H2,1-2H3/t14-/m0/s1. The highest BCUT2D eigenvalue weighted by molar-refractivity contribution is 6.30. The lowest BCUT2D eigenvalue weighted by molar-refractivity contribution is 0.0596. The van der Waals surface area contributed by atoms with Crippen LogP contribution >= 0.6 is 11.6 Å². The number of amides is 1. The molecule has 0 bridgehead atoms. The van der Waals surface area contributed by atoms with Crippen molar-refractivity contribution in [3.63, 3.8) is 0 Å². The molecule has 0 saturated heterocycles. The fourth-order valence-corrected chi connectivity index (χ4v) is 3.47. The van der Waals surface area contributed by atoms with Gasteiger partial charge in [-0.15, -0.1) is 5.10 Å². The van der Waals surface area contributed by atoms with E-state index in [1.807, 2.05) is 52.9 Å². The van der Waals surface area contributed by atoms with Gasteiger partial charge in [0.1, 0.15) is 17.5 Å². The molecule has 1 atom stereocenters. The molecule has 0 aliphatic carbocycles. The molecule has 0 fully saturated rings. The lowest BCUT2D eigenvalue weighted by Crippen LogP contribution is -2.45. The smallest absolute Gasteiger partial charge is 0.271 e. The zero-order valence-electron chi connectivity index (χ0n) is 15.3. The Morgan fingerprint density at radius 3 is 2.74 bits per heavy atom. The van der Waals surface area contributed by atoms with Crippen LogP contribution in [0.1, 0.15) is 28.7 Å². The second-order valence-electron chi connectivity index (χ2n) is 6.81. The molecule has 0 saturated carbocycles. The molecule has 7 heteroatoms. The molecule has 0 unspecified atom stereocenters. The summed E-state index contributed by atoms with van der Waals surface area (Å²) in [6.45, 7) is 3.62. The van der Waals surface area contributed by atoms with Gasteiger partial charge in [0.05, 0.1) is 18.8 Å². The first-order valence-corrected chi connectivity index (χ1v) is 9.26. The zero-order chi connectivity index (χ0) is 19.0. The van der Waals surface area contributed by atoms with Gasteiger partial charge in [-0.3, -0.25) is 9.48 Å². The molecular weight excluding hydrogens is 364 g/mol. The van der Waals surface area contributed by atoms with Gasteiger partial charge >= 0.3 is 0 Å². The van der Waals surface area contributed by atoms with Crippen LogP contribution in [0, 0.1) is 0 Å². The summed E-state index contributed by atoms with van der Waals surface area (Å²) < 4.78 is 9.45. The van der Waals surface area contributed by atoms with Gasteiger partial charge in [0, 0.05) is 19.2 Å². The van der Waals surface area contributed by atoms with E-state index in [0.29, 0.717) is 36.4 Å². The second-order valence-corrected chi connectivity index (χ2v) is 7.20. The SMILES string of the molecule is C[C@H]1Cn2nc(OCc3ccccc3)cc2CN1C(=O)c1ccc(Cl)n1C. The van der Waals surface area contributed by atoms with Crippen molar-refractivity contribution >= 4 is 17.5 Å². The van der Waals surface area contributed by atoms with E-state index >= 15 is 0 Å². The van der Waals surface area contributed by atoms with Crippen LogP contribution in [0.4, 0.5) is 0 Å². The number of nitrogens with zero attached hydrogens (tertiary/aromatic N) is 4. The maximum atomic E-state index is 13.0. The molecule has 1 aliphatic heterocycles. The number of aromatic nitrogens is 3. The molecular formula is C20H21ClN4O2. The van der Waals surface area contributed by atoms with Crippen molar-refractivity contribution in [3.05, 3.63) is 70.6 Å². The summed E-state index contributed by atoms with van der Waals surface area (Å²) in [6, 6.07) is 15.4. The molecule has 1 amide bonds. The maximum Gasteiger partial charge on any atom is 0.271 e. The summed E-state index contributed by atoms with van der Waals surface area (Å²) in [5.41, 5.74) is 2.64. The Labute approximate surface area is 162 Å². The Balaban J connectivity index is 1.49. The zero-order valence-corrected chi connectivity index (χ0v) is 16.1. The number of ether oxygens (including phenoxy) is 1. The molecule has 1 aliphatic rings. The number of carbonyl (C=O) groups excluding carboxylic acids is 1. The lowest BCUT2D eigenvalue weighted by atomic mass is 10.2. The van der Waals surface area contributed by atoms with Gasteiger partial charge in [-0.25, -0.2) is 0 Å². The van der Waals surface area contributed by atoms with Crippen LogP contribution in [0.5, 0.6) is 5.88 Å². The van der Waals surface area contributed by atoms with Gasteiger partial charge in [0.15, 0.2) is 0 Å². The number of carbonyl (C=O) groups is 1. The fraction of sp³-hybridized carbons (Fsp3) is 0.300. The largest absolute Gasteiger partial charge is 0.472 e. The number of benzene rings is 1. The van der Waals surface area contributed by atoms with E-state index < -0.39 is 0 Å². The van der Waals surface area contributed by atoms with Crippen molar-refractivity contribution in [1.29, 1.82) is 0 Å². The van der Waals surface area contributed by atoms with E-state index in [-0.39, 0.29) is 11.9 Å². The molecule has 3 aromatic rings. The third kappa shape index (κ3) is 3.45. The highest BCUT2D eigenvalue weighted by atomic mass is 35.5. The third-order valence-electron chi connectivity index (χ3n) is 4.91. The van der Waals surface area contributed by atoms with Crippen LogP contribution in [-0.4, -0.2) is 31.2 Å². The van der Waals surface area contributed by atoms with Gasteiger partial charge in [-0.1, -0.05) is 41.9 Å². The van der Waals surface area contributed by atoms with Crippen LogP contribution < -0.4 is 4.74 Å². The quantitative estimate of drug-likeness (QED) is 0.691. The van der Waals surface area contributed by atoms with Crippen LogP contribution in [0.25, 0.3) is 0 Å². The van der Waals surface area contributed by atoms with Gasteiger partial charge in [-0.2, -0.15) is 0 Å². The summed E-state index contributed by atoms with van der Waals surface area (Å²) in [5, 5.41) is 5.08. The van der Waals surface area contributed by atoms with Gasteiger partial charge in [0.25, 0.3) is 5.91 Å². The normalized spacial score (nSPS) is 16.3. The van der Waals surface area contributed by atoms with Crippen molar-refractivity contribution in [2.75, 3.05) is 0 Å². The Kier molecular flexibility index (Phi) is 4.66. The van der Waals surface area contributed by atoms with Crippen molar-refractivity contribution in [3.8, 4) is 5.88 Å². The highest BCUT2D eigenvalue weighted by Crippen LogP contribution is 2.24. The number of hydrogen-bond donors (Lipinski definition) is 0. The van der Waals surface area contributed by atoms with E-state index in [9.17, 15) is 4.79 Å². The minimum Gasteiger partial charge on any atom is -0.472 e. The third-order valence-corrected chi connectivity index (χ3v) is 5.29. The van der Waals surface area contributed by atoms with Crippen molar-refractivity contribution in [2.45, 2.75) is 32.7 Å². The molecule has 1 aromatic carbocycles. The lowest BCUT2D eigenvalue weighted by Gasteiger charge is -2.33. The van der Waals surface area contributed by atoms with E-state index in [4.69, 9.17) is 16.3 Å². The molecule has 6 nitrogen and oxygen atoms in total. The Hall–Kier alpha value is -2.73. The summed E-state index contributed by atoms with van der Waals surface area (Å²) in [4.78, 5) is 14.8. The van der Waals surface area contributed by atoms with E-state index in [2.05, 4.69) is 5.10 Å². The topological polar surface area (TPSA) is 52.3 Å². The van der Waals surface area contributed by atoms with Crippen molar-refractivity contribution in [2.24, 2.45) is 7.05 Å². The van der Waals surface area contributed by atoms with Crippen molar-refractivity contribution in [1.82, 2.24) is 19.2 Å².